The molecule has 18 heavy (non-hydrogen) atoms. The quantitative estimate of drug-likeness (QED) is 0.727. The number of carbonyl (C=O) groups excluding carboxylic acids is 1. The van der Waals surface area contributed by atoms with E-state index >= 15 is 0 Å². The molecule has 3 rings (SSSR count). The lowest BCUT2D eigenvalue weighted by Gasteiger charge is -2.22. The summed E-state index contributed by atoms with van der Waals surface area (Å²) in [5.74, 6) is 0. The maximum atomic E-state index is 11.0. The van der Waals surface area contributed by atoms with Crippen LogP contribution in [-0.2, 0) is 6.42 Å². The van der Waals surface area contributed by atoms with Gasteiger partial charge in [-0.05, 0) is 43.0 Å². The number of nitrogens with two attached hydrogens (primary N) is 1. The molecule has 1 aromatic carbocycles. The summed E-state index contributed by atoms with van der Waals surface area (Å²) < 4.78 is 0. The number of amides is 2. The molecule has 0 saturated carbocycles. The van der Waals surface area contributed by atoms with Crippen LogP contribution in [0.5, 0.6) is 0 Å². The van der Waals surface area contributed by atoms with Crippen LogP contribution in [0.3, 0.4) is 0 Å². The summed E-state index contributed by atoms with van der Waals surface area (Å²) in [6, 6.07) is 5.31. The Hall–Kier alpha value is -1.68. The van der Waals surface area contributed by atoms with Gasteiger partial charge in [-0.1, -0.05) is 11.6 Å². The van der Waals surface area contributed by atoms with Gasteiger partial charge in [0, 0.05) is 21.6 Å². The van der Waals surface area contributed by atoms with Gasteiger partial charge in [0.25, 0.3) is 0 Å². The lowest BCUT2D eigenvalue weighted by atomic mass is 9.92. The highest BCUT2D eigenvalue weighted by atomic mass is 35.5. The fourth-order valence-corrected chi connectivity index (χ4v) is 2.92. The number of carbonyl (C=O) groups is 1. The van der Waals surface area contributed by atoms with Crippen molar-refractivity contribution in [1.82, 2.24) is 10.3 Å². The number of hydrogen-bond donors (Lipinski definition) is 3. The van der Waals surface area contributed by atoms with Crippen molar-refractivity contribution in [2.45, 2.75) is 25.3 Å². The monoisotopic (exact) mass is 263 g/mol. The zero-order valence-corrected chi connectivity index (χ0v) is 10.6. The first-order chi connectivity index (χ1) is 8.65. The van der Waals surface area contributed by atoms with Crippen LogP contribution in [-0.4, -0.2) is 11.0 Å². The van der Waals surface area contributed by atoms with E-state index in [-0.39, 0.29) is 6.04 Å². The van der Waals surface area contributed by atoms with Crippen molar-refractivity contribution in [1.29, 1.82) is 0 Å². The van der Waals surface area contributed by atoms with Crippen molar-refractivity contribution >= 4 is 28.5 Å². The van der Waals surface area contributed by atoms with Gasteiger partial charge in [-0.25, -0.2) is 4.79 Å². The zero-order chi connectivity index (χ0) is 12.7. The Kier molecular flexibility index (Phi) is 2.67. The van der Waals surface area contributed by atoms with E-state index < -0.39 is 6.03 Å². The smallest absolute Gasteiger partial charge is 0.312 e. The van der Waals surface area contributed by atoms with Gasteiger partial charge in [0.05, 0.1) is 6.04 Å². The Labute approximate surface area is 109 Å². The number of urea groups is 1. The van der Waals surface area contributed by atoms with Crippen LogP contribution in [0.1, 0.15) is 30.1 Å². The summed E-state index contributed by atoms with van der Waals surface area (Å²) in [6.07, 6.45) is 2.96. The number of primary amides is 1. The average molecular weight is 264 g/mol. The summed E-state index contributed by atoms with van der Waals surface area (Å²) in [4.78, 5) is 14.4. The second kappa shape index (κ2) is 4.21. The number of H-pyrrole nitrogens is 1. The highest BCUT2D eigenvalue weighted by Crippen LogP contribution is 2.35. The molecular formula is C13H14ClN3O. The van der Waals surface area contributed by atoms with Crippen molar-refractivity contribution in [3.63, 3.8) is 0 Å². The molecule has 0 unspecified atom stereocenters. The molecule has 1 aromatic heterocycles. The number of aromatic amines is 1. The van der Waals surface area contributed by atoms with Gasteiger partial charge in [-0.3, -0.25) is 0 Å². The van der Waals surface area contributed by atoms with Crippen LogP contribution >= 0.6 is 11.6 Å². The maximum Gasteiger partial charge on any atom is 0.312 e. The van der Waals surface area contributed by atoms with Gasteiger partial charge in [-0.2, -0.15) is 0 Å². The van der Waals surface area contributed by atoms with E-state index in [9.17, 15) is 4.79 Å². The molecule has 0 radical (unpaired) electrons. The number of halogens is 1. The third-order valence-corrected chi connectivity index (χ3v) is 3.72. The molecule has 94 valence electrons. The number of aryl methyl sites for hydroxylation is 1. The Morgan fingerprint density at radius 1 is 1.50 bits per heavy atom. The normalized spacial score (nSPS) is 18.6. The Balaban J connectivity index is 2.12. The van der Waals surface area contributed by atoms with Crippen LogP contribution < -0.4 is 11.1 Å². The molecule has 0 fully saturated rings. The molecule has 0 aliphatic heterocycles. The molecule has 0 spiro atoms. The zero-order valence-electron chi connectivity index (χ0n) is 9.79. The third-order valence-electron chi connectivity index (χ3n) is 3.49. The summed E-state index contributed by atoms with van der Waals surface area (Å²) >= 11 is 6.04. The van der Waals surface area contributed by atoms with Crippen molar-refractivity contribution in [3.8, 4) is 0 Å². The number of rotatable bonds is 1. The van der Waals surface area contributed by atoms with Crippen molar-refractivity contribution < 1.29 is 4.79 Å². The Morgan fingerprint density at radius 2 is 2.33 bits per heavy atom. The molecule has 5 heteroatoms. The van der Waals surface area contributed by atoms with Gasteiger partial charge >= 0.3 is 6.03 Å². The molecule has 1 aliphatic carbocycles. The minimum atomic E-state index is -0.482. The van der Waals surface area contributed by atoms with Gasteiger partial charge in [0.1, 0.15) is 0 Å². The topological polar surface area (TPSA) is 70.9 Å². The number of nitrogens with one attached hydrogen (secondary N) is 2. The lowest BCUT2D eigenvalue weighted by molar-refractivity contribution is 0.243. The van der Waals surface area contributed by atoms with Crippen LogP contribution in [0.2, 0.25) is 5.02 Å². The summed E-state index contributed by atoms with van der Waals surface area (Å²) in [5, 5.41) is 4.67. The van der Waals surface area contributed by atoms with Crippen LogP contribution in [0.4, 0.5) is 4.79 Å². The molecule has 1 aliphatic rings. The standard InChI is InChI=1S/C13H14ClN3O/c14-7-4-5-10-9(6-7)8-2-1-3-11(12(8)16-10)17-13(15)18/h4-6,11,16H,1-3H2,(H3,15,17,18)/t11-/m1/s1. The molecule has 1 heterocycles. The van der Waals surface area contributed by atoms with Gasteiger partial charge < -0.3 is 16.0 Å². The first-order valence-electron chi connectivity index (χ1n) is 6.01. The van der Waals surface area contributed by atoms with Crippen molar-refractivity contribution in [3.05, 3.63) is 34.5 Å². The molecule has 2 amide bonds. The minimum Gasteiger partial charge on any atom is -0.356 e. The average Bonchev–Trinajstić information content (AvgIpc) is 2.68. The van der Waals surface area contributed by atoms with E-state index in [0.29, 0.717) is 0 Å². The molecule has 0 saturated heterocycles. The van der Waals surface area contributed by atoms with E-state index in [4.69, 9.17) is 17.3 Å². The van der Waals surface area contributed by atoms with E-state index in [1.807, 2.05) is 18.2 Å². The molecule has 2 aromatic rings. The minimum absolute atomic E-state index is 0.0163. The summed E-state index contributed by atoms with van der Waals surface area (Å²) in [5.41, 5.74) is 8.59. The molecule has 0 bridgehead atoms. The second-order valence-electron chi connectivity index (χ2n) is 4.66. The van der Waals surface area contributed by atoms with Crippen molar-refractivity contribution in [2.75, 3.05) is 0 Å². The van der Waals surface area contributed by atoms with Crippen LogP contribution in [0, 0.1) is 0 Å². The predicted molar refractivity (Wildman–Crippen MR) is 71.7 cm³/mol. The second-order valence-corrected chi connectivity index (χ2v) is 5.10. The molecular weight excluding hydrogens is 250 g/mol. The van der Waals surface area contributed by atoms with Gasteiger partial charge in [0.2, 0.25) is 0 Å². The largest absolute Gasteiger partial charge is 0.356 e. The fraction of sp³-hybridized carbons (Fsp3) is 0.308. The van der Waals surface area contributed by atoms with E-state index in [2.05, 4.69) is 10.3 Å². The number of hydrogen-bond acceptors (Lipinski definition) is 1. The number of fused-ring (bicyclic) bond motifs is 3. The Morgan fingerprint density at radius 3 is 3.11 bits per heavy atom. The maximum absolute atomic E-state index is 11.0. The number of benzene rings is 1. The van der Waals surface area contributed by atoms with E-state index in [1.165, 1.54) is 5.56 Å². The summed E-state index contributed by atoms with van der Waals surface area (Å²) in [6.45, 7) is 0. The van der Waals surface area contributed by atoms with E-state index in [0.717, 1.165) is 40.9 Å². The predicted octanol–water partition coefficient (Wildman–Crippen LogP) is 2.87. The van der Waals surface area contributed by atoms with Gasteiger partial charge in [0.15, 0.2) is 0 Å². The lowest BCUT2D eigenvalue weighted by Crippen LogP contribution is -2.34. The Bertz CT molecular complexity index is 620. The van der Waals surface area contributed by atoms with Gasteiger partial charge in [-0.15, -0.1) is 0 Å². The van der Waals surface area contributed by atoms with E-state index in [1.54, 1.807) is 0 Å². The molecule has 1 atom stereocenters. The SMILES string of the molecule is NC(=O)N[C@@H]1CCCc2c1[nH]c1ccc(Cl)cc21. The first-order valence-corrected chi connectivity index (χ1v) is 6.39. The number of aromatic nitrogens is 1. The van der Waals surface area contributed by atoms with Crippen LogP contribution in [0.25, 0.3) is 10.9 Å². The summed E-state index contributed by atoms with van der Waals surface area (Å²) in [7, 11) is 0. The van der Waals surface area contributed by atoms with Crippen molar-refractivity contribution in [2.24, 2.45) is 5.73 Å². The molecule has 4 nitrogen and oxygen atoms in total. The fourth-order valence-electron chi connectivity index (χ4n) is 2.75. The highest BCUT2D eigenvalue weighted by molar-refractivity contribution is 6.31. The first kappa shape index (κ1) is 11.4. The molecule has 4 N–H and O–H groups in total. The van der Waals surface area contributed by atoms with Crippen LogP contribution in [0.15, 0.2) is 18.2 Å². The third kappa shape index (κ3) is 1.82. The highest BCUT2D eigenvalue weighted by Gasteiger charge is 2.24.